The molecule has 0 aliphatic carbocycles. The van der Waals surface area contributed by atoms with Crippen molar-refractivity contribution in [2.75, 3.05) is 0 Å². The van der Waals surface area contributed by atoms with Crippen molar-refractivity contribution >= 4 is 0 Å². The van der Waals surface area contributed by atoms with Crippen LogP contribution in [0.3, 0.4) is 0 Å². The van der Waals surface area contributed by atoms with E-state index in [1.165, 1.54) is 11.1 Å². The van der Waals surface area contributed by atoms with Crippen LogP contribution in [0.4, 0.5) is 0 Å². The molecular formula is C24H38N4. The molecule has 2 aromatic heterocycles. The van der Waals surface area contributed by atoms with E-state index in [2.05, 4.69) is 89.2 Å². The molecule has 4 nitrogen and oxygen atoms in total. The summed E-state index contributed by atoms with van der Waals surface area (Å²) in [4.78, 5) is 18.7. The molecule has 28 heavy (non-hydrogen) atoms. The lowest BCUT2D eigenvalue weighted by Crippen LogP contribution is -2.28. The van der Waals surface area contributed by atoms with E-state index in [1.807, 2.05) is 24.8 Å². The van der Waals surface area contributed by atoms with Gasteiger partial charge in [0, 0.05) is 35.6 Å². The molecule has 0 radical (unpaired) electrons. The Bertz CT molecular complexity index is 704. The minimum absolute atomic E-state index is 0.0707. The van der Waals surface area contributed by atoms with Gasteiger partial charge in [0.05, 0.1) is 0 Å². The molecule has 154 valence electrons. The van der Waals surface area contributed by atoms with Gasteiger partial charge in [-0.15, -0.1) is 0 Å². The molecule has 0 N–H and O–H groups in total. The van der Waals surface area contributed by atoms with Crippen molar-refractivity contribution in [3.05, 3.63) is 47.6 Å². The summed E-state index contributed by atoms with van der Waals surface area (Å²) >= 11 is 0. The Morgan fingerprint density at radius 3 is 0.964 bits per heavy atom. The third-order valence-corrected chi connectivity index (χ3v) is 5.62. The van der Waals surface area contributed by atoms with E-state index in [0.29, 0.717) is 0 Å². The van der Waals surface area contributed by atoms with Crippen molar-refractivity contribution in [1.29, 1.82) is 0 Å². The largest absolute Gasteiger partial charge is 0.240 e. The summed E-state index contributed by atoms with van der Waals surface area (Å²) in [6.07, 6.45) is 9.85. The van der Waals surface area contributed by atoms with E-state index in [4.69, 9.17) is 0 Å². The molecule has 0 amide bonds. The van der Waals surface area contributed by atoms with Crippen LogP contribution < -0.4 is 0 Å². The highest BCUT2D eigenvalue weighted by Crippen LogP contribution is 2.34. The Balaban J connectivity index is 2.12. The molecule has 2 heterocycles. The predicted octanol–water partition coefficient (Wildman–Crippen LogP) is 5.90. The third-order valence-electron chi connectivity index (χ3n) is 5.62. The van der Waals surface area contributed by atoms with Crippen molar-refractivity contribution in [3.63, 3.8) is 0 Å². The number of hydrogen-bond acceptors (Lipinski definition) is 4. The minimum atomic E-state index is -0.0982. The summed E-state index contributed by atoms with van der Waals surface area (Å²) in [7, 11) is 0. The zero-order chi connectivity index (χ0) is 21.4. The molecule has 2 rings (SSSR count). The van der Waals surface area contributed by atoms with Crippen molar-refractivity contribution in [3.8, 4) is 0 Å². The smallest absolute Gasteiger partial charge is 0.133 e. The highest BCUT2D eigenvalue weighted by Gasteiger charge is 2.31. The zero-order valence-corrected chi connectivity index (χ0v) is 19.5. The maximum Gasteiger partial charge on any atom is 0.133 e. The molecule has 0 bridgehead atoms. The maximum atomic E-state index is 4.69. The fourth-order valence-electron chi connectivity index (χ4n) is 2.98. The number of nitrogens with zero attached hydrogens (tertiary/aromatic N) is 4. The molecule has 0 unspecified atom stereocenters. The lowest BCUT2D eigenvalue weighted by atomic mass is 9.77. The van der Waals surface area contributed by atoms with Crippen LogP contribution >= 0.6 is 0 Å². The van der Waals surface area contributed by atoms with E-state index < -0.39 is 0 Å². The van der Waals surface area contributed by atoms with Gasteiger partial charge in [-0.25, -0.2) is 19.9 Å². The van der Waals surface area contributed by atoms with Gasteiger partial charge in [0.25, 0.3) is 0 Å². The van der Waals surface area contributed by atoms with Crippen LogP contribution in [0.5, 0.6) is 0 Å². The SMILES string of the molecule is CC(C)(C)c1cnc(C(C)(C)CCC(C)(C)c2ncc(C(C)(C)C)cn2)nc1. The van der Waals surface area contributed by atoms with Crippen molar-refractivity contribution in [2.45, 2.75) is 104 Å². The Labute approximate surface area is 171 Å². The molecule has 0 atom stereocenters. The summed E-state index contributed by atoms with van der Waals surface area (Å²) in [6, 6.07) is 0. The van der Waals surface area contributed by atoms with Crippen LogP contribution in [0.2, 0.25) is 0 Å². The number of hydrogen-bond donors (Lipinski definition) is 0. The minimum Gasteiger partial charge on any atom is -0.240 e. The van der Waals surface area contributed by atoms with Crippen LogP contribution in [-0.2, 0) is 21.7 Å². The van der Waals surface area contributed by atoms with Gasteiger partial charge < -0.3 is 0 Å². The van der Waals surface area contributed by atoms with E-state index in [-0.39, 0.29) is 21.7 Å². The molecular weight excluding hydrogens is 344 g/mol. The molecule has 4 heteroatoms. The van der Waals surface area contributed by atoms with Crippen LogP contribution in [0.15, 0.2) is 24.8 Å². The van der Waals surface area contributed by atoms with Crippen molar-refractivity contribution < 1.29 is 0 Å². The molecule has 0 saturated carbocycles. The summed E-state index contributed by atoms with van der Waals surface area (Å²) in [5.41, 5.74) is 2.28. The molecule has 0 aliphatic heterocycles. The number of aromatic nitrogens is 4. The van der Waals surface area contributed by atoms with Crippen LogP contribution in [0.25, 0.3) is 0 Å². The van der Waals surface area contributed by atoms with Gasteiger partial charge in [-0.2, -0.15) is 0 Å². The van der Waals surface area contributed by atoms with E-state index >= 15 is 0 Å². The van der Waals surface area contributed by atoms with Gasteiger partial charge in [0.2, 0.25) is 0 Å². The standard InChI is InChI=1S/C24H38N4/c1-21(2,3)17-13-25-19(26-14-17)23(7,8)11-12-24(9,10)20-27-15-18(16-28-20)22(4,5)6/h13-16H,11-12H2,1-10H3. The van der Waals surface area contributed by atoms with Gasteiger partial charge in [-0.1, -0.05) is 69.2 Å². The summed E-state index contributed by atoms with van der Waals surface area (Å²) in [5.74, 6) is 1.81. The first kappa shape index (κ1) is 22.4. The highest BCUT2D eigenvalue weighted by atomic mass is 14.9. The summed E-state index contributed by atoms with van der Waals surface area (Å²) < 4.78 is 0. The second kappa shape index (κ2) is 7.53. The van der Waals surface area contributed by atoms with Crippen LogP contribution in [-0.4, -0.2) is 19.9 Å². The Kier molecular flexibility index (Phi) is 6.04. The van der Waals surface area contributed by atoms with Gasteiger partial charge in [0.15, 0.2) is 0 Å². The second-order valence-electron chi connectivity index (χ2n) is 11.4. The fourth-order valence-corrected chi connectivity index (χ4v) is 2.98. The predicted molar refractivity (Wildman–Crippen MR) is 117 cm³/mol. The summed E-state index contributed by atoms with van der Waals surface area (Å²) in [6.45, 7) is 22.0. The van der Waals surface area contributed by atoms with E-state index in [0.717, 1.165) is 24.5 Å². The van der Waals surface area contributed by atoms with Crippen molar-refractivity contribution in [2.24, 2.45) is 0 Å². The van der Waals surface area contributed by atoms with Gasteiger partial charge in [-0.3, -0.25) is 0 Å². The summed E-state index contributed by atoms with van der Waals surface area (Å²) in [5, 5.41) is 0. The van der Waals surface area contributed by atoms with Gasteiger partial charge in [0.1, 0.15) is 11.6 Å². The first-order chi connectivity index (χ1) is 12.6. The zero-order valence-electron chi connectivity index (χ0n) is 19.5. The lowest BCUT2D eigenvalue weighted by Gasteiger charge is -2.30. The van der Waals surface area contributed by atoms with Crippen LogP contribution in [0, 0.1) is 0 Å². The number of rotatable bonds is 5. The first-order valence-corrected chi connectivity index (χ1v) is 10.3. The molecule has 0 aromatic carbocycles. The van der Waals surface area contributed by atoms with Crippen LogP contribution in [0.1, 0.15) is 105 Å². The Morgan fingerprint density at radius 2 is 0.750 bits per heavy atom. The average molecular weight is 383 g/mol. The Morgan fingerprint density at radius 1 is 0.500 bits per heavy atom. The van der Waals surface area contributed by atoms with Crippen molar-refractivity contribution in [1.82, 2.24) is 19.9 Å². The quantitative estimate of drug-likeness (QED) is 0.646. The lowest BCUT2D eigenvalue weighted by molar-refractivity contribution is 0.350. The van der Waals surface area contributed by atoms with Gasteiger partial charge in [-0.05, 0) is 34.8 Å². The second-order valence-corrected chi connectivity index (χ2v) is 11.4. The molecule has 0 spiro atoms. The monoisotopic (exact) mass is 382 g/mol. The van der Waals surface area contributed by atoms with E-state index in [9.17, 15) is 0 Å². The first-order valence-electron chi connectivity index (χ1n) is 10.3. The van der Waals surface area contributed by atoms with E-state index in [1.54, 1.807) is 0 Å². The Hall–Kier alpha value is -1.84. The third kappa shape index (κ3) is 5.36. The van der Waals surface area contributed by atoms with Gasteiger partial charge >= 0.3 is 0 Å². The highest BCUT2D eigenvalue weighted by molar-refractivity contribution is 5.19. The molecule has 2 aromatic rings. The normalized spacial score (nSPS) is 13.6. The average Bonchev–Trinajstić information content (AvgIpc) is 2.59. The molecule has 0 saturated heterocycles. The molecule has 0 aliphatic rings. The fraction of sp³-hybridized carbons (Fsp3) is 0.667. The maximum absolute atomic E-state index is 4.69. The topological polar surface area (TPSA) is 51.6 Å². The molecule has 0 fully saturated rings.